The van der Waals surface area contributed by atoms with Crippen LogP contribution in [0.3, 0.4) is 0 Å². The zero-order chi connectivity index (χ0) is 12.0. The van der Waals surface area contributed by atoms with E-state index in [1.54, 1.807) is 0 Å². The average molecular weight is 241 g/mol. The second-order valence-electron chi connectivity index (χ2n) is 3.37. The third-order valence-electron chi connectivity index (χ3n) is 2.01. The van der Waals surface area contributed by atoms with E-state index in [1.165, 1.54) is 0 Å². The Morgan fingerprint density at radius 2 is 1.75 bits per heavy atom. The van der Waals surface area contributed by atoms with E-state index >= 15 is 0 Å². The Morgan fingerprint density at radius 3 is 2.25 bits per heavy atom. The van der Waals surface area contributed by atoms with Gasteiger partial charge >= 0.3 is 0 Å². The Bertz CT molecular complexity index is 376. The van der Waals surface area contributed by atoms with Crippen molar-refractivity contribution in [2.75, 3.05) is 5.88 Å². The van der Waals surface area contributed by atoms with E-state index in [-0.39, 0.29) is 24.1 Å². The summed E-state index contributed by atoms with van der Waals surface area (Å²) in [6, 6.07) is 7.31. The summed E-state index contributed by atoms with van der Waals surface area (Å²) >= 11 is 5.34. The fraction of sp³-hybridized carbons (Fsp3) is 0.273. The maximum Gasteiger partial charge on any atom is 0.235 e. The van der Waals surface area contributed by atoms with Crippen LogP contribution in [0.25, 0.3) is 0 Å². The van der Waals surface area contributed by atoms with Crippen LogP contribution in [-0.4, -0.2) is 17.7 Å². The molecule has 0 saturated carbocycles. The van der Waals surface area contributed by atoms with Gasteiger partial charge in [0.05, 0.1) is 6.42 Å². The van der Waals surface area contributed by atoms with E-state index in [2.05, 4.69) is 5.32 Å². The molecule has 5 heteroatoms. The van der Waals surface area contributed by atoms with Crippen LogP contribution in [0, 0.1) is 0 Å². The monoisotopic (exact) mass is 240 g/mol. The molecule has 2 amide bonds. The van der Waals surface area contributed by atoms with Crippen molar-refractivity contribution in [2.24, 2.45) is 5.73 Å². The summed E-state index contributed by atoms with van der Waals surface area (Å²) in [6.07, 6.45) is 0.230. The van der Waals surface area contributed by atoms with Gasteiger partial charge in [-0.15, -0.1) is 11.6 Å². The highest BCUT2D eigenvalue weighted by Crippen LogP contribution is 2.04. The molecule has 0 spiro atoms. The normalized spacial score (nSPS) is 9.81. The van der Waals surface area contributed by atoms with E-state index in [4.69, 9.17) is 17.3 Å². The number of nitrogens with one attached hydrogen (secondary N) is 1. The lowest BCUT2D eigenvalue weighted by molar-refractivity contribution is -0.119. The second kappa shape index (κ2) is 6.12. The minimum absolute atomic E-state index is 0.0419. The van der Waals surface area contributed by atoms with Gasteiger partial charge in [0.15, 0.2) is 0 Å². The molecule has 1 aromatic rings. The topological polar surface area (TPSA) is 72.2 Å². The number of rotatable bonds is 5. The van der Waals surface area contributed by atoms with Gasteiger partial charge in [-0.3, -0.25) is 9.59 Å². The number of hydrogen-bond acceptors (Lipinski definition) is 2. The van der Waals surface area contributed by atoms with Crippen LogP contribution in [0.4, 0.5) is 0 Å². The predicted octanol–water partition coefficient (Wildman–Crippen LogP) is 0.569. The fourth-order valence-corrected chi connectivity index (χ4v) is 1.32. The molecule has 0 heterocycles. The lowest BCUT2D eigenvalue weighted by Gasteiger charge is -2.04. The first-order valence-corrected chi connectivity index (χ1v) is 5.34. The highest BCUT2D eigenvalue weighted by Gasteiger charge is 2.00. The largest absolute Gasteiger partial charge is 0.369 e. The first kappa shape index (κ1) is 12.5. The van der Waals surface area contributed by atoms with Crippen molar-refractivity contribution in [3.8, 4) is 0 Å². The molecule has 0 saturated heterocycles. The first-order chi connectivity index (χ1) is 7.61. The lowest BCUT2D eigenvalue weighted by atomic mass is 10.1. The highest BCUT2D eigenvalue weighted by molar-refractivity contribution is 6.27. The number of alkyl halides is 1. The molecule has 3 N–H and O–H groups in total. The first-order valence-electron chi connectivity index (χ1n) is 4.80. The van der Waals surface area contributed by atoms with Crippen LogP contribution in [0.2, 0.25) is 0 Å². The molecule has 0 aromatic heterocycles. The zero-order valence-corrected chi connectivity index (χ0v) is 9.46. The van der Waals surface area contributed by atoms with Crippen LogP contribution in [-0.2, 0) is 22.6 Å². The molecule has 0 aliphatic rings. The molecule has 0 radical (unpaired) electrons. The van der Waals surface area contributed by atoms with E-state index in [0.29, 0.717) is 6.54 Å². The molecular formula is C11H13ClN2O2. The summed E-state index contributed by atoms with van der Waals surface area (Å²) in [6.45, 7) is 0.433. The minimum atomic E-state index is -0.358. The van der Waals surface area contributed by atoms with Crippen LogP contribution >= 0.6 is 11.6 Å². The Hall–Kier alpha value is -1.55. The van der Waals surface area contributed by atoms with E-state index < -0.39 is 0 Å². The van der Waals surface area contributed by atoms with E-state index in [1.807, 2.05) is 24.3 Å². The van der Waals surface area contributed by atoms with Crippen LogP contribution < -0.4 is 11.1 Å². The average Bonchev–Trinajstić information content (AvgIpc) is 2.27. The number of nitrogens with two attached hydrogens (primary N) is 1. The Kier molecular flexibility index (Phi) is 4.79. The van der Waals surface area contributed by atoms with E-state index in [0.717, 1.165) is 11.1 Å². The van der Waals surface area contributed by atoms with Gasteiger partial charge in [-0.05, 0) is 11.1 Å². The van der Waals surface area contributed by atoms with Gasteiger partial charge in [0.1, 0.15) is 5.88 Å². The number of hydrogen-bond donors (Lipinski definition) is 2. The molecule has 16 heavy (non-hydrogen) atoms. The molecule has 0 atom stereocenters. The Morgan fingerprint density at radius 1 is 1.19 bits per heavy atom. The third kappa shape index (κ3) is 4.31. The molecule has 0 aliphatic heterocycles. The summed E-state index contributed by atoms with van der Waals surface area (Å²) in [5.74, 6) is -0.606. The number of halogens is 1. The van der Waals surface area contributed by atoms with Crippen molar-refractivity contribution < 1.29 is 9.59 Å². The molecule has 1 rings (SSSR count). The van der Waals surface area contributed by atoms with Crippen molar-refractivity contribution in [1.82, 2.24) is 5.32 Å². The van der Waals surface area contributed by atoms with Crippen molar-refractivity contribution in [3.63, 3.8) is 0 Å². The third-order valence-corrected chi connectivity index (χ3v) is 2.26. The number of carbonyl (C=O) groups is 2. The molecule has 0 bridgehead atoms. The van der Waals surface area contributed by atoms with Crippen LogP contribution in [0.1, 0.15) is 11.1 Å². The second-order valence-corrected chi connectivity index (χ2v) is 3.64. The summed E-state index contributed by atoms with van der Waals surface area (Å²) < 4.78 is 0. The quantitative estimate of drug-likeness (QED) is 0.739. The van der Waals surface area contributed by atoms with Crippen molar-refractivity contribution in [1.29, 1.82) is 0 Å². The summed E-state index contributed by atoms with van der Waals surface area (Å²) in [5.41, 5.74) is 6.88. The molecule has 1 aromatic carbocycles. The zero-order valence-electron chi connectivity index (χ0n) is 8.70. The maximum absolute atomic E-state index is 10.9. The molecule has 0 aliphatic carbocycles. The predicted molar refractivity (Wildman–Crippen MR) is 61.9 cm³/mol. The standard InChI is InChI=1S/C11H13ClN2O2/c12-6-11(16)14-7-9-3-1-8(2-4-9)5-10(13)15/h1-4H,5-7H2,(H2,13,15)(H,14,16). The summed E-state index contributed by atoms with van der Waals surface area (Å²) in [7, 11) is 0. The van der Waals surface area contributed by atoms with Crippen molar-refractivity contribution in [3.05, 3.63) is 35.4 Å². The molecule has 4 nitrogen and oxygen atoms in total. The SMILES string of the molecule is NC(=O)Cc1ccc(CNC(=O)CCl)cc1. The van der Waals surface area contributed by atoms with Gasteiger partial charge in [-0.1, -0.05) is 24.3 Å². The van der Waals surface area contributed by atoms with Crippen molar-refractivity contribution in [2.45, 2.75) is 13.0 Å². The van der Waals surface area contributed by atoms with Crippen LogP contribution in [0.5, 0.6) is 0 Å². The van der Waals surface area contributed by atoms with Crippen LogP contribution in [0.15, 0.2) is 24.3 Å². The van der Waals surface area contributed by atoms with Gasteiger partial charge < -0.3 is 11.1 Å². The number of carbonyl (C=O) groups excluding carboxylic acids is 2. The van der Waals surface area contributed by atoms with E-state index in [9.17, 15) is 9.59 Å². The fourth-order valence-electron chi connectivity index (χ4n) is 1.22. The smallest absolute Gasteiger partial charge is 0.235 e. The molecule has 86 valence electrons. The maximum atomic E-state index is 10.9. The van der Waals surface area contributed by atoms with Gasteiger partial charge in [-0.2, -0.15) is 0 Å². The van der Waals surface area contributed by atoms with Gasteiger partial charge in [0.25, 0.3) is 0 Å². The molecule has 0 fully saturated rings. The number of amides is 2. The summed E-state index contributed by atoms with van der Waals surface area (Å²) in [4.78, 5) is 21.6. The Labute approximate surface area is 98.8 Å². The highest BCUT2D eigenvalue weighted by atomic mass is 35.5. The molecular weight excluding hydrogens is 228 g/mol. The van der Waals surface area contributed by atoms with Crippen molar-refractivity contribution >= 4 is 23.4 Å². The molecule has 0 unspecified atom stereocenters. The summed E-state index contributed by atoms with van der Waals surface area (Å²) in [5, 5.41) is 2.65. The lowest BCUT2D eigenvalue weighted by Crippen LogP contribution is -2.23. The van der Waals surface area contributed by atoms with Gasteiger partial charge in [0, 0.05) is 6.54 Å². The van der Waals surface area contributed by atoms with Gasteiger partial charge in [-0.25, -0.2) is 0 Å². The number of benzene rings is 1. The minimum Gasteiger partial charge on any atom is -0.369 e. The number of primary amides is 1. The Balaban J connectivity index is 2.51. The van der Waals surface area contributed by atoms with Gasteiger partial charge in [0.2, 0.25) is 11.8 Å².